The summed E-state index contributed by atoms with van der Waals surface area (Å²) in [5.74, 6) is 0.580. The zero-order valence-corrected chi connectivity index (χ0v) is 23.3. The lowest BCUT2D eigenvalue weighted by molar-refractivity contribution is -0.150. The van der Waals surface area contributed by atoms with Crippen LogP contribution in [0, 0.1) is 40.4 Å². The number of nitriles is 1. The molecule has 0 saturated heterocycles. The van der Waals surface area contributed by atoms with Crippen molar-refractivity contribution in [2.24, 2.45) is 29.1 Å². The highest BCUT2D eigenvalue weighted by Gasteiger charge is 2.56. The van der Waals surface area contributed by atoms with Gasteiger partial charge in [-0.05, 0) is 101 Å². The average Bonchev–Trinajstić information content (AvgIpc) is 3.71. The first-order valence-electron chi connectivity index (χ1n) is 14.8. The minimum absolute atomic E-state index is 0.0260. The molecular formula is C31H39N3O6. The van der Waals surface area contributed by atoms with Crippen LogP contribution >= 0.6 is 0 Å². The highest BCUT2D eigenvalue weighted by molar-refractivity contribution is 5.98. The summed E-state index contributed by atoms with van der Waals surface area (Å²) in [6.45, 7) is 1.75. The van der Waals surface area contributed by atoms with E-state index < -0.39 is 11.4 Å². The summed E-state index contributed by atoms with van der Waals surface area (Å²) in [4.78, 5) is 38.9. The van der Waals surface area contributed by atoms with Crippen molar-refractivity contribution < 1.29 is 29.0 Å². The second kappa shape index (κ2) is 9.97. The summed E-state index contributed by atoms with van der Waals surface area (Å²) in [5, 5.41) is 25.9. The van der Waals surface area contributed by atoms with Gasteiger partial charge in [-0.1, -0.05) is 0 Å². The second-order valence-corrected chi connectivity index (χ2v) is 13.3. The fourth-order valence-corrected chi connectivity index (χ4v) is 8.38. The van der Waals surface area contributed by atoms with Crippen LogP contribution in [-0.2, 0) is 9.59 Å². The van der Waals surface area contributed by atoms with E-state index >= 15 is 0 Å². The molecule has 3 N–H and O–H groups in total. The van der Waals surface area contributed by atoms with Gasteiger partial charge in [0.2, 0.25) is 5.91 Å². The molecule has 7 rings (SSSR count). The molecule has 9 nitrogen and oxygen atoms in total. The van der Waals surface area contributed by atoms with Gasteiger partial charge in [0.05, 0.1) is 35.7 Å². The molecule has 214 valence electrons. The van der Waals surface area contributed by atoms with E-state index in [2.05, 4.69) is 16.7 Å². The standard InChI is InChI=1S/C31H39N3O6/c1-30(29(37)38)8-6-21(7-9-30)40-23-13-22(24(39-2)12-20(23)16-32)27(35)33-26-19-4-3-18(11-19)25(26)28(36)34-31-10-5-17(14-31)15-31/h12-13,17-19,21,25-26H,3-11,14-15H2,1-2H3,(H,33,35)(H,34,36)(H,37,38)/t17?,18-,19+,21?,25+,26-,30?,31?/m1/s1. The number of methoxy groups -OCH3 is 1. The first-order chi connectivity index (χ1) is 19.1. The average molecular weight is 550 g/mol. The Morgan fingerprint density at radius 3 is 2.38 bits per heavy atom. The maximum atomic E-state index is 13.7. The summed E-state index contributed by atoms with van der Waals surface area (Å²) in [6.07, 6.45) is 9.20. The molecule has 40 heavy (non-hydrogen) atoms. The molecule has 0 heterocycles. The Labute approximate surface area is 235 Å². The number of carbonyl (C=O) groups is 3. The second-order valence-electron chi connectivity index (χ2n) is 13.3. The molecule has 6 aliphatic carbocycles. The van der Waals surface area contributed by atoms with Gasteiger partial charge in [-0.2, -0.15) is 5.26 Å². The van der Waals surface area contributed by atoms with Gasteiger partial charge in [0.15, 0.2) is 0 Å². The van der Waals surface area contributed by atoms with Crippen LogP contribution in [0.5, 0.6) is 11.5 Å². The van der Waals surface area contributed by atoms with E-state index in [1.54, 1.807) is 13.0 Å². The van der Waals surface area contributed by atoms with Crippen molar-refractivity contribution in [3.8, 4) is 17.6 Å². The van der Waals surface area contributed by atoms with Crippen molar-refractivity contribution in [2.45, 2.75) is 95.2 Å². The zero-order chi connectivity index (χ0) is 28.2. The topological polar surface area (TPSA) is 138 Å². The number of amides is 2. The largest absolute Gasteiger partial charge is 0.496 e. The number of fused-ring (bicyclic) bond motifs is 3. The van der Waals surface area contributed by atoms with E-state index in [-0.39, 0.29) is 64.1 Å². The summed E-state index contributed by atoms with van der Waals surface area (Å²) in [6, 6.07) is 4.98. The third-order valence-electron chi connectivity index (χ3n) is 10.8. The van der Waals surface area contributed by atoms with E-state index in [0.29, 0.717) is 31.4 Å². The number of benzene rings is 1. The molecule has 6 aliphatic rings. The van der Waals surface area contributed by atoms with Gasteiger partial charge >= 0.3 is 5.97 Å². The number of carbonyl (C=O) groups excluding carboxylic acids is 2. The van der Waals surface area contributed by atoms with Crippen LogP contribution in [0.1, 0.15) is 93.5 Å². The van der Waals surface area contributed by atoms with E-state index in [1.165, 1.54) is 19.6 Å². The first-order valence-corrected chi connectivity index (χ1v) is 14.8. The van der Waals surface area contributed by atoms with E-state index in [4.69, 9.17) is 9.47 Å². The van der Waals surface area contributed by atoms with E-state index in [9.17, 15) is 24.8 Å². The Kier molecular flexibility index (Phi) is 6.71. The lowest BCUT2D eigenvalue weighted by Gasteiger charge is -2.41. The van der Waals surface area contributed by atoms with E-state index in [0.717, 1.165) is 44.4 Å². The number of nitrogens with zero attached hydrogens (tertiary/aromatic N) is 1. The Morgan fingerprint density at radius 2 is 1.75 bits per heavy atom. The molecule has 0 unspecified atom stereocenters. The summed E-state index contributed by atoms with van der Waals surface area (Å²) in [5.41, 5.74) is -0.279. The van der Waals surface area contributed by atoms with Gasteiger partial charge in [-0.15, -0.1) is 0 Å². The molecule has 2 amide bonds. The van der Waals surface area contributed by atoms with Gasteiger partial charge in [0.25, 0.3) is 5.91 Å². The molecule has 1 aromatic rings. The van der Waals surface area contributed by atoms with E-state index in [1.807, 2.05) is 0 Å². The predicted octanol–water partition coefficient (Wildman–Crippen LogP) is 4.18. The quantitative estimate of drug-likeness (QED) is 0.442. The van der Waals surface area contributed by atoms with Gasteiger partial charge in [0.1, 0.15) is 17.6 Å². The number of aliphatic carboxylic acids is 1. The minimum Gasteiger partial charge on any atom is -0.496 e. The van der Waals surface area contributed by atoms with Crippen molar-refractivity contribution in [1.29, 1.82) is 5.26 Å². The van der Waals surface area contributed by atoms with Crippen molar-refractivity contribution >= 4 is 17.8 Å². The normalized spacial score (nSPS) is 37.2. The Balaban J connectivity index is 1.19. The third-order valence-corrected chi connectivity index (χ3v) is 10.8. The highest BCUT2D eigenvalue weighted by atomic mass is 16.5. The number of carboxylic acids is 1. The van der Waals surface area contributed by atoms with Gasteiger partial charge in [-0.25, -0.2) is 0 Å². The van der Waals surface area contributed by atoms with Gasteiger partial charge < -0.3 is 25.2 Å². The van der Waals surface area contributed by atoms with Crippen LogP contribution in [0.4, 0.5) is 0 Å². The molecule has 0 radical (unpaired) electrons. The number of nitrogens with one attached hydrogen (secondary N) is 2. The Morgan fingerprint density at radius 1 is 1.02 bits per heavy atom. The van der Waals surface area contributed by atoms with Crippen molar-refractivity contribution in [2.75, 3.05) is 7.11 Å². The maximum absolute atomic E-state index is 13.7. The fourth-order valence-electron chi connectivity index (χ4n) is 8.38. The molecular weight excluding hydrogens is 510 g/mol. The Bertz CT molecular complexity index is 1250. The molecule has 0 spiro atoms. The minimum atomic E-state index is -0.806. The SMILES string of the molecule is COc1cc(C#N)c(OC2CCC(C)(C(=O)O)CC2)cc1C(=O)N[C@@H]1[C@H]2CC[C@H](C2)[C@@H]1C(=O)NC12CCC(C1)C2. The monoisotopic (exact) mass is 549 g/mol. The molecule has 0 aliphatic heterocycles. The van der Waals surface area contributed by atoms with Gasteiger partial charge in [0, 0.05) is 17.6 Å². The molecule has 4 bridgehead atoms. The summed E-state index contributed by atoms with van der Waals surface area (Å²) < 4.78 is 11.7. The lowest BCUT2D eigenvalue weighted by Crippen LogP contribution is -2.57. The molecule has 6 saturated carbocycles. The maximum Gasteiger partial charge on any atom is 0.309 e. The predicted molar refractivity (Wildman–Crippen MR) is 145 cm³/mol. The smallest absolute Gasteiger partial charge is 0.309 e. The number of rotatable bonds is 8. The number of ether oxygens (including phenoxy) is 2. The van der Waals surface area contributed by atoms with Gasteiger partial charge in [-0.3, -0.25) is 14.4 Å². The van der Waals surface area contributed by atoms with Crippen LogP contribution in [0.15, 0.2) is 12.1 Å². The lowest BCUT2D eigenvalue weighted by atomic mass is 9.75. The first kappa shape index (κ1) is 26.9. The number of hydrogen-bond acceptors (Lipinski definition) is 6. The number of carboxylic acid groups (broad SMARTS) is 1. The molecule has 4 atom stereocenters. The van der Waals surface area contributed by atoms with Crippen molar-refractivity contribution in [3.63, 3.8) is 0 Å². The van der Waals surface area contributed by atoms with Crippen molar-refractivity contribution in [3.05, 3.63) is 23.3 Å². The van der Waals surface area contributed by atoms with Crippen molar-refractivity contribution in [1.82, 2.24) is 10.6 Å². The fraction of sp³-hybridized carbons (Fsp3) is 0.677. The van der Waals surface area contributed by atoms with Crippen LogP contribution in [0.3, 0.4) is 0 Å². The highest BCUT2D eigenvalue weighted by Crippen LogP contribution is 2.53. The Hall–Kier alpha value is -3.28. The van der Waals surface area contributed by atoms with Crippen LogP contribution in [-0.4, -0.2) is 47.7 Å². The molecule has 1 aromatic carbocycles. The molecule has 9 heteroatoms. The third kappa shape index (κ3) is 4.59. The zero-order valence-electron chi connectivity index (χ0n) is 23.3. The van der Waals surface area contributed by atoms with Crippen LogP contribution in [0.25, 0.3) is 0 Å². The van der Waals surface area contributed by atoms with Crippen LogP contribution < -0.4 is 20.1 Å². The van der Waals surface area contributed by atoms with Crippen LogP contribution in [0.2, 0.25) is 0 Å². The summed E-state index contributed by atoms with van der Waals surface area (Å²) in [7, 11) is 1.46. The number of hydrogen-bond donors (Lipinski definition) is 3. The summed E-state index contributed by atoms with van der Waals surface area (Å²) >= 11 is 0. The molecule has 6 fully saturated rings. The molecule has 0 aromatic heterocycles.